The largest absolute Gasteiger partial charge is 0.369 e. The average molecular weight is 439 g/mol. The highest BCUT2D eigenvalue weighted by molar-refractivity contribution is 4.99. The Morgan fingerprint density at radius 3 is 0.774 bits per heavy atom. The lowest BCUT2D eigenvalue weighted by atomic mass is 9.61. The molecular weight excluding hydrogens is 376 g/mol. The van der Waals surface area contributed by atoms with E-state index in [0.29, 0.717) is 10.8 Å². The third-order valence-corrected chi connectivity index (χ3v) is 7.63. The van der Waals surface area contributed by atoms with Crippen molar-refractivity contribution < 1.29 is 4.74 Å². The zero-order valence-electron chi connectivity index (χ0n) is 25.2. The zero-order chi connectivity index (χ0) is 25.5. The second-order valence-corrected chi connectivity index (χ2v) is 17.0. The summed E-state index contributed by atoms with van der Waals surface area (Å²) >= 11 is 0. The molecule has 0 rings (SSSR count). The van der Waals surface area contributed by atoms with Crippen molar-refractivity contribution in [3.63, 3.8) is 0 Å². The van der Waals surface area contributed by atoms with Crippen molar-refractivity contribution >= 4 is 0 Å². The maximum atomic E-state index is 7.11. The Morgan fingerprint density at radius 2 is 0.581 bits per heavy atom. The van der Waals surface area contributed by atoms with Gasteiger partial charge in [-0.3, -0.25) is 0 Å². The maximum absolute atomic E-state index is 7.11. The minimum Gasteiger partial charge on any atom is -0.369 e. The van der Waals surface area contributed by atoms with Crippen molar-refractivity contribution in [1.82, 2.24) is 0 Å². The van der Waals surface area contributed by atoms with Gasteiger partial charge in [0.25, 0.3) is 0 Å². The molecule has 0 amide bonds. The lowest BCUT2D eigenvalue weighted by molar-refractivity contribution is -0.224. The molecule has 0 saturated carbocycles. The maximum Gasteiger partial charge on any atom is 0.0684 e. The van der Waals surface area contributed by atoms with Crippen molar-refractivity contribution in [2.75, 3.05) is 0 Å². The highest BCUT2D eigenvalue weighted by atomic mass is 16.5. The normalized spacial score (nSPS) is 16.1. The smallest absolute Gasteiger partial charge is 0.0684 e. The summed E-state index contributed by atoms with van der Waals surface area (Å²) in [6.07, 6.45) is 4.73. The van der Waals surface area contributed by atoms with E-state index in [1.54, 1.807) is 0 Å². The Morgan fingerprint density at radius 1 is 0.355 bits per heavy atom. The Hall–Kier alpha value is -0.0400. The summed E-state index contributed by atoms with van der Waals surface area (Å²) in [6, 6.07) is 0. The lowest BCUT2D eigenvalue weighted by Gasteiger charge is -2.54. The minimum absolute atomic E-state index is 0.0655. The fourth-order valence-electron chi connectivity index (χ4n) is 6.73. The number of ether oxygens (including phenoxy) is 1. The Balaban J connectivity index is 5.65. The van der Waals surface area contributed by atoms with Gasteiger partial charge in [-0.15, -0.1) is 0 Å². The summed E-state index contributed by atoms with van der Waals surface area (Å²) in [4.78, 5) is 0. The van der Waals surface area contributed by atoms with Gasteiger partial charge in [0.05, 0.1) is 11.2 Å². The first-order chi connectivity index (χ1) is 13.0. The summed E-state index contributed by atoms with van der Waals surface area (Å²) in [7, 11) is 0. The van der Waals surface area contributed by atoms with E-state index in [0.717, 1.165) is 12.8 Å². The summed E-state index contributed by atoms with van der Waals surface area (Å²) in [5.74, 6) is 0. The molecule has 188 valence electrons. The van der Waals surface area contributed by atoms with Gasteiger partial charge < -0.3 is 4.74 Å². The number of hydrogen-bond acceptors (Lipinski definition) is 1. The standard InChI is InChI=1S/C30H62O/c1-23(2,3)19-25(7,8)21-27(11,12)29(15,16)31-30(17,18)28(13,14)22-26(9,10)20-24(4,5)6/h19-22H2,1-18H3. The molecule has 0 aromatic rings. The van der Waals surface area contributed by atoms with Crippen LogP contribution in [-0.2, 0) is 4.74 Å². The zero-order valence-corrected chi connectivity index (χ0v) is 25.2. The molecule has 1 heteroatoms. The van der Waals surface area contributed by atoms with Gasteiger partial charge in [-0.05, 0) is 85.9 Å². The van der Waals surface area contributed by atoms with Crippen LogP contribution in [0.5, 0.6) is 0 Å². The molecule has 0 aliphatic rings. The molecule has 0 heterocycles. The van der Waals surface area contributed by atoms with Gasteiger partial charge in [0.15, 0.2) is 0 Å². The third kappa shape index (κ3) is 10.2. The SMILES string of the molecule is CC(C)(C)CC(C)(C)CC(C)(C)C(C)(C)OC(C)(C)C(C)(C)CC(C)(C)CC(C)(C)C. The molecule has 0 aliphatic carbocycles. The topological polar surface area (TPSA) is 9.23 Å². The molecule has 1 nitrogen and oxygen atoms in total. The quantitative estimate of drug-likeness (QED) is 0.329. The van der Waals surface area contributed by atoms with Gasteiger partial charge in [0, 0.05) is 0 Å². The predicted molar refractivity (Wildman–Crippen MR) is 142 cm³/mol. The van der Waals surface area contributed by atoms with E-state index in [2.05, 4.69) is 125 Å². The molecule has 0 atom stereocenters. The van der Waals surface area contributed by atoms with Crippen LogP contribution < -0.4 is 0 Å². The second-order valence-electron chi connectivity index (χ2n) is 17.0. The van der Waals surface area contributed by atoms with E-state index in [1.807, 2.05) is 0 Å². The fourth-order valence-corrected chi connectivity index (χ4v) is 6.73. The molecular formula is C30H62O. The molecule has 0 aromatic heterocycles. The van der Waals surface area contributed by atoms with Crippen LogP contribution in [0.2, 0.25) is 0 Å². The molecule has 0 unspecified atom stereocenters. The first kappa shape index (κ1) is 31.0. The molecule has 0 spiro atoms. The summed E-state index contributed by atoms with van der Waals surface area (Å²) in [6.45, 7) is 42.8. The first-order valence-electron chi connectivity index (χ1n) is 12.7. The number of hydrogen-bond donors (Lipinski definition) is 0. The highest BCUT2D eigenvalue weighted by Gasteiger charge is 2.50. The van der Waals surface area contributed by atoms with Gasteiger partial charge in [0.1, 0.15) is 0 Å². The van der Waals surface area contributed by atoms with E-state index in [1.165, 1.54) is 12.8 Å². The van der Waals surface area contributed by atoms with Crippen molar-refractivity contribution in [2.24, 2.45) is 32.5 Å². The monoisotopic (exact) mass is 438 g/mol. The number of rotatable bonds is 10. The molecule has 31 heavy (non-hydrogen) atoms. The van der Waals surface area contributed by atoms with Crippen LogP contribution in [-0.4, -0.2) is 11.2 Å². The third-order valence-electron chi connectivity index (χ3n) is 7.63. The van der Waals surface area contributed by atoms with Crippen LogP contribution in [0.15, 0.2) is 0 Å². The fraction of sp³-hybridized carbons (Fsp3) is 1.00. The van der Waals surface area contributed by atoms with E-state index in [-0.39, 0.29) is 32.9 Å². The van der Waals surface area contributed by atoms with E-state index in [9.17, 15) is 0 Å². The van der Waals surface area contributed by atoms with Gasteiger partial charge in [-0.2, -0.15) is 0 Å². The Bertz CT molecular complexity index is 519. The van der Waals surface area contributed by atoms with E-state index < -0.39 is 0 Å². The molecule has 0 saturated heterocycles. The van der Waals surface area contributed by atoms with Crippen LogP contribution in [0, 0.1) is 32.5 Å². The van der Waals surface area contributed by atoms with Crippen molar-refractivity contribution in [2.45, 2.75) is 162 Å². The first-order valence-corrected chi connectivity index (χ1v) is 12.7. The summed E-state index contributed by atoms with van der Waals surface area (Å²) in [5.41, 5.74) is 0.905. The van der Waals surface area contributed by atoms with Gasteiger partial charge in [0.2, 0.25) is 0 Å². The molecule has 0 N–H and O–H groups in total. The van der Waals surface area contributed by atoms with Crippen LogP contribution in [0.25, 0.3) is 0 Å². The van der Waals surface area contributed by atoms with E-state index >= 15 is 0 Å². The van der Waals surface area contributed by atoms with Crippen LogP contribution >= 0.6 is 0 Å². The lowest BCUT2D eigenvalue weighted by Crippen LogP contribution is -2.54. The molecule has 0 aromatic carbocycles. The Kier molecular flexibility index (Phi) is 8.95. The second kappa shape index (κ2) is 8.96. The molecule has 0 aliphatic heterocycles. The van der Waals surface area contributed by atoms with Crippen molar-refractivity contribution in [1.29, 1.82) is 0 Å². The van der Waals surface area contributed by atoms with Crippen LogP contribution in [0.1, 0.15) is 150 Å². The van der Waals surface area contributed by atoms with Crippen LogP contribution in [0.3, 0.4) is 0 Å². The Labute approximate surface area is 198 Å². The van der Waals surface area contributed by atoms with Gasteiger partial charge in [-0.1, -0.05) is 96.9 Å². The summed E-state index contributed by atoms with van der Waals surface area (Å²) in [5, 5.41) is 0. The van der Waals surface area contributed by atoms with E-state index in [4.69, 9.17) is 4.74 Å². The predicted octanol–water partition coefficient (Wildman–Crippen LogP) is 10.3. The molecule has 0 radical (unpaired) electrons. The molecule has 0 bridgehead atoms. The highest BCUT2D eigenvalue weighted by Crippen LogP contribution is 2.52. The molecule has 0 fully saturated rings. The van der Waals surface area contributed by atoms with Gasteiger partial charge in [-0.25, -0.2) is 0 Å². The average Bonchev–Trinajstić information content (AvgIpc) is 2.26. The van der Waals surface area contributed by atoms with Crippen molar-refractivity contribution in [3.05, 3.63) is 0 Å². The minimum atomic E-state index is -0.225. The van der Waals surface area contributed by atoms with Crippen LogP contribution in [0.4, 0.5) is 0 Å². The summed E-state index contributed by atoms with van der Waals surface area (Å²) < 4.78 is 7.11. The van der Waals surface area contributed by atoms with Crippen molar-refractivity contribution in [3.8, 4) is 0 Å². The van der Waals surface area contributed by atoms with Gasteiger partial charge >= 0.3 is 0 Å².